The van der Waals surface area contributed by atoms with Crippen LogP contribution < -0.4 is 5.32 Å². The first kappa shape index (κ1) is 15.0. The van der Waals surface area contributed by atoms with E-state index < -0.39 is 0 Å². The Kier molecular flexibility index (Phi) is 5.94. The van der Waals surface area contributed by atoms with Gasteiger partial charge < -0.3 is 10.2 Å². The molecule has 0 aliphatic heterocycles. The highest BCUT2D eigenvalue weighted by Gasteiger charge is 2.21. The maximum absolute atomic E-state index is 3.65. The second-order valence-electron chi connectivity index (χ2n) is 6.56. The molecule has 0 radical (unpaired) electrons. The normalized spacial score (nSPS) is 26.5. The fourth-order valence-corrected chi connectivity index (χ4v) is 2.56. The van der Waals surface area contributed by atoms with E-state index in [0.717, 1.165) is 18.5 Å². The van der Waals surface area contributed by atoms with E-state index in [1.165, 1.54) is 38.6 Å². The molecular weight excluding hydrogens is 208 g/mol. The molecule has 0 unspecified atom stereocenters. The van der Waals surface area contributed by atoms with E-state index >= 15 is 0 Å². The molecule has 0 amide bonds. The van der Waals surface area contributed by atoms with Gasteiger partial charge in [-0.05, 0) is 58.9 Å². The van der Waals surface area contributed by atoms with Crippen LogP contribution in [0.3, 0.4) is 0 Å². The van der Waals surface area contributed by atoms with Gasteiger partial charge in [-0.2, -0.15) is 0 Å². The first-order chi connectivity index (χ1) is 7.94. The zero-order valence-corrected chi connectivity index (χ0v) is 12.6. The first-order valence-electron chi connectivity index (χ1n) is 7.40. The summed E-state index contributed by atoms with van der Waals surface area (Å²) in [6.45, 7) is 11.5. The van der Waals surface area contributed by atoms with Crippen molar-refractivity contribution in [2.24, 2.45) is 5.92 Å². The Morgan fingerprint density at radius 2 is 1.76 bits per heavy atom. The van der Waals surface area contributed by atoms with Crippen LogP contribution in [-0.4, -0.2) is 36.6 Å². The average Bonchev–Trinajstić information content (AvgIpc) is 2.29. The molecule has 0 bridgehead atoms. The van der Waals surface area contributed by atoms with Gasteiger partial charge in [0.25, 0.3) is 0 Å². The minimum absolute atomic E-state index is 0.294. The highest BCUT2D eigenvalue weighted by Crippen LogP contribution is 2.26. The molecule has 1 rings (SSSR count). The van der Waals surface area contributed by atoms with Crippen molar-refractivity contribution in [3.63, 3.8) is 0 Å². The minimum Gasteiger partial charge on any atom is -0.311 e. The Hall–Kier alpha value is -0.0800. The van der Waals surface area contributed by atoms with Gasteiger partial charge in [-0.1, -0.05) is 13.8 Å². The molecule has 1 fully saturated rings. The summed E-state index contributed by atoms with van der Waals surface area (Å²) < 4.78 is 0. The summed E-state index contributed by atoms with van der Waals surface area (Å²) in [6, 6.07) is 0.831. The zero-order chi connectivity index (χ0) is 12.9. The van der Waals surface area contributed by atoms with E-state index in [4.69, 9.17) is 0 Å². The summed E-state index contributed by atoms with van der Waals surface area (Å²) in [6.07, 6.45) is 6.83. The van der Waals surface area contributed by atoms with E-state index in [-0.39, 0.29) is 0 Å². The lowest BCUT2D eigenvalue weighted by molar-refractivity contribution is 0.166. The second kappa shape index (κ2) is 6.75. The van der Waals surface area contributed by atoms with Crippen LogP contribution >= 0.6 is 0 Å². The van der Waals surface area contributed by atoms with Crippen molar-refractivity contribution in [1.29, 1.82) is 0 Å². The van der Waals surface area contributed by atoms with Gasteiger partial charge in [0.15, 0.2) is 0 Å². The maximum atomic E-state index is 3.65. The molecule has 0 aromatic carbocycles. The molecule has 1 aliphatic carbocycles. The lowest BCUT2D eigenvalue weighted by Gasteiger charge is -2.34. The van der Waals surface area contributed by atoms with Crippen LogP contribution in [0.2, 0.25) is 0 Å². The molecule has 0 aromatic heterocycles. The fraction of sp³-hybridized carbons (Fsp3) is 1.00. The largest absolute Gasteiger partial charge is 0.311 e. The Morgan fingerprint density at radius 3 is 2.29 bits per heavy atom. The van der Waals surface area contributed by atoms with Crippen molar-refractivity contribution in [3.05, 3.63) is 0 Å². The Balaban J connectivity index is 2.19. The number of hydrogen-bond donors (Lipinski definition) is 1. The first-order valence-corrected chi connectivity index (χ1v) is 7.40. The van der Waals surface area contributed by atoms with Gasteiger partial charge in [0, 0.05) is 24.7 Å². The third-order valence-electron chi connectivity index (χ3n) is 4.56. The van der Waals surface area contributed by atoms with Crippen molar-refractivity contribution in [1.82, 2.24) is 10.2 Å². The standard InChI is InChI=1S/C15H32N2/c1-6-15(3,4)16-11-12-17(5)14-9-7-13(2)8-10-14/h13-14,16H,6-12H2,1-5H3. The number of nitrogens with one attached hydrogen (secondary N) is 1. The van der Waals surface area contributed by atoms with E-state index in [1.54, 1.807) is 0 Å². The number of hydrogen-bond acceptors (Lipinski definition) is 2. The lowest BCUT2D eigenvalue weighted by atomic mass is 9.87. The van der Waals surface area contributed by atoms with Crippen molar-refractivity contribution >= 4 is 0 Å². The second-order valence-corrected chi connectivity index (χ2v) is 6.56. The third-order valence-corrected chi connectivity index (χ3v) is 4.56. The van der Waals surface area contributed by atoms with Crippen LogP contribution in [0.1, 0.15) is 59.8 Å². The fourth-order valence-electron chi connectivity index (χ4n) is 2.56. The van der Waals surface area contributed by atoms with Crippen LogP contribution in [0.25, 0.3) is 0 Å². The molecule has 1 N–H and O–H groups in total. The zero-order valence-electron chi connectivity index (χ0n) is 12.6. The molecule has 102 valence electrons. The predicted molar refractivity (Wildman–Crippen MR) is 76.4 cm³/mol. The molecule has 0 heterocycles. The van der Waals surface area contributed by atoms with Gasteiger partial charge in [-0.15, -0.1) is 0 Å². The molecule has 2 heteroatoms. The molecule has 0 spiro atoms. The minimum atomic E-state index is 0.294. The summed E-state index contributed by atoms with van der Waals surface area (Å²) in [4.78, 5) is 2.56. The van der Waals surface area contributed by atoms with Crippen molar-refractivity contribution in [3.8, 4) is 0 Å². The Labute approximate surface area is 108 Å². The van der Waals surface area contributed by atoms with Crippen LogP contribution in [0.15, 0.2) is 0 Å². The summed E-state index contributed by atoms with van der Waals surface area (Å²) in [5.74, 6) is 0.955. The molecule has 0 aromatic rings. The van der Waals surface area contributed by atoms with Crippen LogP contribution in [0.4, 0.5) is 0 Å². The van der Waals surface area contributed by atoms with E-state index in [2.05, 4.69) is 45.0 Å². The number of nitrogens with zero attached hydrogens (tertiary/aromatic N) is 1. The van der Waals surface area contributed by atoms with E-state index in [1.807, 2.05) is 0 Å². The van der Waals surface area contributed by atoms with E-state index in [0.29, 0.717) is 5.54 Å². The van der Waals surface area contributed by atoms with Crippen LogP contribution in [-0.2, 0) is 0 Å². The Bertz CT molecular complexity index is 205. The lowest BCUT2D eigenvalue weighted by Crippen LogP contribution is -2.45. The van der Waals surface area contributed by atoms with Crippen LogP contribution in [0, 0.1) is 5.92 Å². The van der Waals surface area contributed by atoms with Gasteiger partial charge in [0.05, 0.1) is 0 Å². The smallest absolute Gasteiger partial charge is 0.0123 e. The molecular formula is C15H32N2. The highest BCUT2D eigenvalue weighted by molar-refractivity contribution is 4.79. The summed E-state index contributed by atoms with van der Waals surface area (Å²) in [5.41, 5.74) is 0.294. The number of rotatable bonds is 6. The van der Waals surface area contributed by atoms with Crippen LogP contribution in [0.5, 0.6) is 0 Å². The predicted octanol–water partition coefficient (Wildman–Crippen LogP) is 3.28. The Morgan fingerprint density at radius 1 is 1.18 bits per heavy atom. The summed E-state index contributed by atoms with van der Waals surface area (Å²) in [7, 11) is 2.29. The van der Waals surface area contributed by atoms with Gasteiger partial charge in [-0.25, -0.2) is 0 Å². The van der Waals surface area contributed by atoms with Gasteiger partial charge >= 0.3 is 0 Å². The molecule has 2 nitrogen and oxygen atoms in total. The third kappa shape index (κ3) is 5.39. The summed E-state index contributed by atoms with van der Waals surface area (Å²) in [5, 5.41) is 3.65. The van der Waals surface area contributed by atoms with Crippen molar-refractivity contribution < 1.29 is 0 Å². The maximum Gasteiger partial charge on any atom is 0.0123 e. The topological polar surface area (TPSA) is 15.3 Å². The highest BCUT2D eigenvalue weighted by atomic mass is 15.1. The molecule has 0 atom stereocenters. The average molecular weight is 240 g/mol. The molecule has 1 saturated carbocycles. The number of likely N-dealkylation sites (N-methyl/N-ethyl adjacent to an activating group) is 1. The quantitative estimate of drug-likeness (QED) is 0.766. The molecule has 17 heavy (non-hydrogen) atoms. The molecule has 0 saturated heterocycles. The van der Waals surface area contributed by atoms with Gasteiger partial charge in [0.2, 0.25) is 0 Å². The molecule has 1 aliphatic rings. The van der Waals surface area contributed by atoms with Gasteiger partial charge in [0.1, 0.15) is 0 Å². The van der Waals surface area contributed by atoms with Crippen molar-refractivity contribution in [2.75, 3.05) is 20.1 Å². The SMILES string of the molecule is CCC(C)(C)NCCN(C)C1CCC(C)CC1. The summed E-state index contributed by atoms with van der Waals surface area (Å²) >= 11 is 0. The van der Waals surface area contributed by atoms with Crippen molar-refractivity contribution in [2.45, 2.75) is 71.4 Å². The van der Waals surface area contributed by atoms with E-state index in [9.17, 15) is 0 Å². The monoisotopic (exact) mass is 240 g/mol. The van der Waals surface area contributed by atoms with Gasteiger partial charge in [-0.3, -0.25) is 0 Å².